The number of aryl methyl sites for hydroxylation is 1. The largest absolute Gasteiger partial charge is 0.326 e. The van der Waals surface area contributed by atoms with Crippen molar-refractivity contribution in [1.82, 2.24) is 15.0 Å². The van der Waals surface area contributed by atoms with Gasteiger partial charge in [-0.1, -0.05) is 29.5 Å². The zero-order valence-electron chi connectivity index (χ0n) is 10.2. The summed E-state index contributed by atoms with van der Waals surface area (Å²) >= 11 is 0. The van der Waals surface area contributed by atoms with E-state index in [4.69, 9.17) is 5.73 Å². The standard InChI is InChI=1S/C14H14N4/c1-10-6-7-11(9-15)8-14(10)18-13-5-3-2-4-12(13)16-17-18/h2-8H,9,15H2,1H3. The Labute approximate surface area is 105 Å². The highest BCUT2D eigenvalue weighted by Gasteiger charge is 2.08. The molecule has 0 aliphatic carbocycles. The van der Waals surface area contributed by atoms with Crippen molar-refractivity contribution < 1.29 is 0 Å². The number of rotatable bonds is 2. The molecule has 90 valence electrons. The Bertz CT molecular complexity index is 700. The molecule has 0 bridgehead atoms. The molecule has 0 saturated heterocycles. The van der Waals surface area contributed by atoms with Crippen molar-refractivity contribution in [3.8, 4) is 5.69 Å². The number of para-hydroxylation sites is 1. The molecule has 0 amide bonds. The molecule has 0 fully saturated rings. The van der Waals surface area contributed by atoms with E-state index in [9.17, 15) is 0 Å². The highest BCUT2D eigenvalue weighted by Crippen LogP contribution is 2.20. The van der Waals surface area contributed by atoms with Crippen LogP contribution >= 0.6 is 0 Å². The van der Waals surface area contributed by atoms with Crippen LogP contribution in [0.4, 0.5) is 0 Å². The molecule has 2 aromatic carbocycles. The minimum absolute atomic E-state index is 0.528. The van der Waals surface area contributed by atoms with Gasteiger partial charge in [0.2, 0.25) is 0 Å². The van der Waals surface area contributed by atoms with Crippen molar-refractivity contribution in [2.75, 3.05) is 0 Å². The van der Waals surface area contributed by atoms with Crippen molar-refractivity contribution in [2.24, 2.45) is 5.73 Å². The number of hydrogen-bond donors (Lipinski definition) is 1. The first-order valence-electron chi connectivity index (χ1n) is 5.90. The SMILES string of the molecule is Cc1ccc(CN)cc1-n1nnc2ccccc21. The van der Waals surface area contributed by atoms with Crippen molar-refractivity contribution in [3.63, 3.8) is 0 Å². The molecule has 2 N–H and O–H groups in total. The molecule has 4 nitrogen and oxygen atoms in total. The van der Waals surface area contributed by atoms with Gasteiger partial charge in [0, 0.05) is 6.54 Å². The molecule has 0 spiro atoms. The number of aromatic nitrogens is 3. The third kappa shape index (κ3) is 1.67. The van der Waals surface area contributed by atoms with Crippen LogP contribution in [-0.2, 0) is 6.54 Å². The molecule has 0 radical (unpaired) electrons. The van der Waals surface area contributed by atoms with Gasteiger partial charge < -0.3 is 5.73 Å². The summed E-state index contributed by atoms with van der Waals surface area (Å²) in [4.78, 5) is 0. The molecular formula is C14H14N4. The van der Waals surface area contributed by atoms with Gasteiger partial charge in [-0.2, -0.15) is 0 Å². The molecular weight excluding hydrogens is 224 g/mol. The number of fused-ring (bicyclic) bond motifs is 1. The third-order valence-electron chi connectivity index (χ3n) is 3.09. The van der Waals surface area contributed by atoms with Gasteiger partial charge in [0.25, 0.3) is 0 Å². The summed E-state index contributed by atoms with van der Waals surface area (Å²) < 4.78 is 1.86. The average molecular weight is 238 g/mol. The van der Waals surface area contributed by atoms with Crippen LogP contribution in [0.25, 0.3) is 16.7 Å². The Morgan fingerprint density at radius 1 is 1.17 bits per heavy atom. The van der Waals surface area contributed by atoms with Gasteiger partial charge in [-0.25, -0.2) is 4.68 Å². The van der Waals surface area contributed by atoms with E-state index in [1.54, 1.807) is 0 Å². The lowest BCUT2D eigenvalue weighted by Crippen LogP contribution is -2.03. The summed E-state index contributed by atoms with van der Waals surface area (Å²) in [5.74, 6) is 0. The first-order chi connectivity index (χ1) is 8.79. The molecule has 0 unspecified atom stereocenters. The van der Waals surface area contributed by atoms with Crippen molar-refractivity contribution in [1.29, 1.82) is 0 Å². The maximum absolute atomic E-state index is 5.69. The topological polar surface area (TPSA) is 56.7 Å². The highest BCUT2D eigenvalue weighted by molar-refractivity contribution is 5.76. The van der Waals surface area contributed by atoms with Gasteiger partial charge >= 0.3 is 0 Å². The first kappa shape index (κ1) is 10.9. The van der Waals surface area contributed by atoms with E-state index in [1.807, 2.05) is 35.0 Å². The zero-order chi connectivity index (χ0) is 12.5. The van der Waals surface area contributed by atoms with Gasteiger partial charge in [-0.15, -0.1) is 5.10 Å². The number of hydrogen-bond acceptors (Lipinski definition) is 3. The lowest BCUT2D eigenvalue weighted by Gasteiger charge is -2.08. The maximum Gasteiger partial charge on any atom is 0.113 e. The van der Waals surface area contributed by atoms with E-state index >= 15 is 0 Å². The zero-order valence-corrected chi connectivity index (χ0v) is 10.2. The second-order valence-electron chi connectivity index (χ2n) is 4.31. The quantitative estimate of drug-likeness (QED) is 0.744. The Morgan fingerprint density at radius 3 is 2.83 bits per heavy atom. The fraction of sp³-hybridized carbons (Fsp3) is 0.143. The fourth-order valence-electron chi connectivity index (χ4n) is 2.06. The molecule has 0 atom stereocenters. The average Bonchev–Trinajstić information content (AvgIpc) is 2.83. The van der Waals surface area contributed by atoms with Gasteiger partial charge in [0.05, 0.1) is 11.2 Å². The summed E-state index contributed by atoms with van der Waals surface area (Å²) in [5, 5.41) is 8.40. The minimum atomic E-state index is 0.528. The lowest BCUT2D eigenvalue weighted by molar-refractivity contribution is 0.816. The van der Waals surface area contributed by atoms with Gasteiger partial charge in [0.15, 0.2) is 0 Å². The Balaban J connectivity index is 2.25. The predicted molar refractivity (Wildman–Crippen MR) is 71.5 cm³/mol. The molecule has 18 heavy (non-hydrogen) atoms. The van der Waals surface area contributed by atoms with E-state index in [0.29, 0.717) is 6.54 Å². The highest BCUT2D eigenvalue weighted by atomic mass is 15.4. The molecule has 4 heteroatoms. The van der Waals surface area contributed by atoms with Crippen LogP contribution < -0.4 is 5.73 Å². The molecule has 3 aromatic rings. The maximum atomic E-state index is 5.69. The smallest absolute Gasteiger partial charge is 0.113 e. The van der Waals surface area contributed by atoms with Crippen LogP contribution in [0.3, 0.4) is 0 Å². The Hall–Kier alpha value is -2.20. The van der Waals surface area contributed by atoms with E-state index in [2.05, 4.69) is 29.4 Å². The summed E-state index contributed by atoms with van der Waals surface area (Å²) in [5.41, 5.74) is 10.9. The Kier molecular flexibility index (Phi) is 2.57. The second-order valence-corrected chi connectivity index (χ2v) is 4.31. The summed E-state index contributed by atoms with van der Waals surface area (Å²) in [7, 11) is 0. The van der Waals surface area contributed by atoms with E-state index in [0.717, 1.165) is 27.8 Å². The number of nitrogens with two attached hydrogens (primary N) is 1. The monoisotopic (exact) mass is 238 g/mol. The molecule has 3 rings (SSSR count). The fourth-order valence-corrected chi connectivity index (χ4v) is 2.06. The normalized spacial score (nSPS) is 11.0. The van der Waals surface area contributed by atoms with Crippen molar-refractivity contribution in [2.45, 2.75) is 13.5 Å². The second kappa shape index (κ2) is 4.23. The summed E-state index contributed by atoms with van der Waals surface area (Å²) in [6.07, 6.45) is 0. The molecule has 1 heterocycles. The first-order valence-corrected chi connectivity index (χ1v) is 5.90. The van der Waals surface area contributed by atoms with Crippen LogP contribution in [0.1, 0.15) is 11.1 Å². The summed E-state index contributed by atoms with van der Waals surface area (Å²) in [6.45, 7) is 2.59. The third-order valence-corrected chi connectivity index (χ3v) is 3.09. The molecule has 0 aliphatic rings. The van der Waals surface area contributed by atoms with Crippen LogP contribution in [-0.4, -0.2) is 15.0 Å². The minimum Gasteiger partial charge on any atom is -0.326 e. The van der Waals surface area contributed by atoms with Crippen LogP contribution in [0.15, 0.2) is 42.5 Å². The molecule has 1 aromatic heterocycles. The van der Waals surface area contributed by atoms with E-state index in [1.165, 1.54) is 0 Å². The van der Waals surface area contributed by atoms with Crippen LogP contribution in [0, 0.1) is 6.92 Å². The lowest BCUT2D eigenvalue weighted by atomic mass is 10.1. The molecule has 0 aliphatic heterocycles. The summed E-state index contributed by atoms with van der Waals surface area (Å²) in [6, 6.07) is 14.1. The van der Waals surface area contributed by atoms with Crippen LogP contribution in [0.2, 0.25) is 0 Å². The van der Waals surface area contributed by atoms with Crippen LogP contribution in [0.5, 0.6) is 0 Å². The van der Waals surface area contributed by atoms with Crippen molar-refractivity contribution >= 4 is 11.0 Å². The predicted octanol–water partition coefficient (Wildman–Crippen LogP) is 2.19. The van der Waals surface area contributed by atoms with E-state index in [-0.39, 0.29) is 0 Å². The van der Waals surface area contributed by atoms with Gasteiger partial charge in [0.1, 0.15) is 5.52 Å². The Morgan fingerprint density at radius 2 is 2.00 bits per heavy atom. The van der Waals surface area contributed by atoms with Gasteiger partial charge in [-0.3, -0.25) is 0 Å². The van der Waals surface area contributed by atoms with E-state index < -0.39 is 0 Å². The van der Waals surface area contributed by atoms with Gasteiger partial charge in [-0.05, 0) is 36.2 Å². The number of benzene rings is 2. The number of nitrogens with zero attached hydrogens (tertiary/aromatic N) is 3. The molecule has 0 saturated carbocycles. The van der Waals surface area contributed by atoms with Crippen molar-refractivity contribution in [3.05, 3.63) is 53.6 Å².